The average Bonchev–Trinajstić information content (AvgIpc) is 3.28. The van der Waals surface area contributed by atoms with Crippen LogP contribution in [0.25, 0.3) is 0 Å². The predicted octanol–water partition coefficient (Wildman–Crippen LogP) is 6.31. The molecule has 1 aliphatic carbocycles. The highest BCUT2D eigenvalue weighted by molar-refractivity contribution is 5.41. The van der Waals surface area contributed by atoms with E-state index in [2.05, 4.69) is 77.1 Å². The van der Waals surface area contributed by atoms with Gasteiger partial charge < -0.3 is 9.97 Å². The fourth-order valence-electron chi connectivity index (χ4n) is 4.47. The van der Waals surface area contributed by atoms with Crippen LogP contribution in [0.2, 0.25) is 0 Å². The highest BCUT2D eigenvalue weighted by Gasteiger charge is 2.26. The van der Waals surface area contributed by atoms with Crippen molar-refractivity contribution in [2.24, 2.45) is 0 Å². The first-order valence-electron chi connectivity index (χ1n) is 11.8. The lowest BCUT2D eigenvalue weighted by Crippen LogP contribution is -2.00. The van der Waals surface area contributed by atoms with E-state index in [0.29, 0.717) is 0 Å². The van der Waals surface area contributed by atoms with E-state index in [1.165, 1.54) is 52.0 Å². The van der Waals surface area contributed by atoms with Gasteiger partial charge in [0, 0.05) is 36.6 Å². The number of rotatable bonds is 7. The van der Waals surface area contributed by atoms with Crippen molar-refractivity contribution in [3.8, 4) is 0 Å². The Labute approximate surface area is 191 Å². The second kappa shape index (κ2) is 10.4. The summed E-state index contributed by atoms with van der Waals surface area (Å²) in [5.41, 5.74) is 11.2. The van der Waals surface area contributed by atoms with Gasteiger partial charge in [0.2, 0.25) is 0 Å². The van der Waals surface area contributed by atoms with Crippen LogP contribution in [-0.2, 0) is 25.7 Å². The first-order chi connectivity index (χ1) is 15.7. The highest BCUT2D eigenvalue weighted by atomic mass is 14.9. The van der Waals surface area contributed by atoms with E-state index in [9.17, 15) is 0 Å². The Balaban J connectivity index is 0.000000155. The highest BCUT2D eigenvalue weighted by Crippen LogP contribution is 2.42. The maximum Gasteiger partial charge on any atom is 0.0921 e. The molecule has 1 aliphatic rings. The van der Waals surface area contributed by atoms with Crippen LogP contribution in [0.1, 0.15) is 77.4 Å². The standard InChI is InChI=1S/C15H18N2.C13H16N2/c1-2-11-4-3-5-14(12-6-7-12)15(11)8-13-9-16-10-17-13;1-3-11-6-4-5-10(2)13(11)7-12-8-14-9-15-12/h3-5,9-10,12H,2,6-8H2,1H3,(H,16,17);4-6,8-9H,3,7H2,1-2H3,(H,14,15). The minimum Gasteiger partial charge on any atom is -0.348 e. The Morgan fingerprint density at radius 1 is 0.781 bits per heavy atom. The minimum atomic E-state index is 0.819. The van der Waals surface area contributed by atoms with Crippen LogP contribution >= 0.6 is 0 Å². The summed E-state index contributed by atoms with van der Waals surface area (Å²) < 4.78 is 0. The summed E-state index contributed by atoms with van der Waals surface area (Å²) in [7, 11) is 0. The number of hydrogen-bond acceptors (Lipinski definition) is 2. The molecule has 0 spiro atoms. The van der Waals surface area contributed by atoms with Gasteiger partial charge in [0.15, 0.2) is 0 Å². The molecule has 2 aromatic carbocycles. The molecule has 0 amide bonds. The topological polar surface area (TPSA) is 57.4 Å². The number of nitrogens with zero attached hydrogens (tertiary/aromatic N) is 2. The van der Waals surface area contributed by atoms with Crippen molar-refractivity contribution in [2.75, 3.05) is 0 Å². The quantitative estimate of drug-likeness (QED) is 0.364. The maximum atomic E-state index is 4.11. The van der Waals surface area contributed by atoms with E-state index in [-0.39, 0.29) is 0 Å². The van der Waals surface area contributed by atoms with Crippen molar-refractivity contribution in [1.29, 1.82) is 0 Å². The summed E-state index contributed by atoms with van der Waals surface area (Å²) in [6.45, 7) is 6.61. The second-order valence-corrected chi connectivity index (χ2v) is 8.69. The van der Waals surface area contributed by atoms with Crippen molar-refractivity contribution in [3.63, 3.8) is 0 Å². The zero-order chi connectivity index (χ0) is 22.3. The number of aryl methyl sites for hydroxylation is 3. The van der Waals surface area contributed by atoms with E-state index < -0.39 is 0 Å². The van der Waals surface area contributed by atoms with Gasteiger partial charge in [-0.15, -0.1) is 0 Å². The number of H-pyrrole nitrogens is 2. The van der Waals surface area contributed by atoms with Crippen LogP contribution in [0.4, 0.5) is 0 Å². The van der Waals surface area contributed by atoms with Crippen molar-refractivity contribution in [2.45, 2.75) is 65.2 Å². The van der Waals surface area contributed by atoms with Crippen molar-refractivity contribution in [1.82, 2.24) is 19.9 Å². The van der Waals surface area contributed by atoms with Gasteiger partial charge in [0.25, 0.3) is 0 Å². The van der Waals surface area contributed by atoms with Crippen molar-refractivity contribution < 1.29 is 0 Å². The second-order valence-electron chi connectivity index (χ2n) is 8.69. The molecule has 32 heavy (non-hydrogen) atoms. The summed E-state index contributed by atoms with van der Waals surface area (Å²) in [4.78, 5) is 14.5. The third kappa shape index (κ3) is 5.37. The number of aromatic amines is 2. The molecular weight excluding hydrogens is 392 g/mol. The van der Waals surface area contributed by atoms with Gasteiger partial charge in [0.1, 0.15) is 0 Å². The number of hydrogen-bond donors (Lipinski definition) is 2. The minimum absolute atomic E-state index is 0.819. The molecule has 2 aromatic heterocycles. The molecule has 2 N–H and O–H groups in total. The molecule has 166 valence electrons. The molecular formula is C28H34N4. The normalized spacial score (nSPS) is 13.0. The van der Waals surface area contributed by atoms with Gasteiger partial charge in [-0.25, -0.2) is 9.97 Å². The van der Waals surface area contributed by atoms with Crippen LogP contribution in [0.3, 0.4) is 0 Å². The molecule has 0 aliphatic heterocycles. The molecule has 0 radical (unpaired) electrons. The average molecular weight is 427 g/mol. The molecule has 0 atom stereocenters. The smallest absolute Gasteiger partial charge is 0.0921 e. The van der Waals surface area contributed by atoms with Crippen molar-refractivity contribution in [3.05, 3.63) is 106 Å². The Bertz CT molecular complexity index is 1110. The number of imidazole rings is 2. The Hall–Kier alpha value is -3.14. The molecule has 5 rings (SSSR count). The Morgan fingerprint density at radius 3 is 1.88 bits per heavy atom. The molecule has 2 heterocycles. The van der Waals surface area contributed by atoms with Gasteiger partial charge in [-0.2, -0.15) is 0 Å². The van der Waals surface area contributed by atoms with Gasteiger partial charge in [-0.1, -0.05) is 50.2 Å². The molecule has 0 saturated heterocycles. The monoisotopic (exact) mass is 426 g/mol. The fraction of sp³-hybridized carbons (Fsp3) is 0.357. The van der Waals surface area contributed by atoms with E-state index >= 15 is 0 Å². The molecule has 1 fully saturated rings. The number of aromatic nitrogens is 4. The fourth-order valence-corrected chi connectivity index (χ4v) is 4.47. The largest absolute Gasteiger partial charge is 0.348 e. The van der Waals surface area contributed by atoms with E-state index in [1.807, 2.05) is 12.4 Å². The van der Waals surface area contributed by atoms with Crippen LogP contribution < -0.4 is 0 Å². The molecule has 4 heteroatoms. The molecule has 0 bridgehead atoms. The third-order valence-electron chi connectivity index (χ3n) is 6.44. The summed E-state index contributed by atoms with van der Waals surface area (Å²) in [6, 6.07) is 13.3. The Morgan fingerprint density at radius 2 is 1.34 bits per heavy atom. The third-order valence-corrected chi connectivity index (χ3v) is 6.44. The van der Waals surface area contributed by atoms with Crippen LogP contribution in [-0.4, -0.2) is 19.9 Å². The van der Waals surface area contributed by atoms with Gasteiger partial charge >= 0.3 is 0 Å². The summed E-state index contributed by atoms with van der Waals surface area (Å²) >= 11 is 0. The molecule has 1 saturated carbocycles. The number of nitrogens with one attached hydrogen (secondary N) is 2. The van der Waals surface area contributed by atoms with Crippen LogP contribution in [0.5, 0.6) is 0 Å². The molecule has 4 nitrogen and oxygen atoms in total. The zero-order valence-electron chi connectivity index (χ0n) is 19.5. The maximum absolute atomic E-state index is 4.11. The summed E-state index contributed by atoms with van der Waals surface area (Å²) in [5.74, 6) is 0.819. The van der Waals surface area contributed by atoms with E-state index in [4.69, 9.17) is 0 Å². The summed E-state index contributed by atoms with van der Waals surface area (Å²) in [6.07, 6.45) is 14.2. The number of benzene rings is 2. The SMILES string of the molecule is CCc1cccc(C)c1Cc1cnc[nH]1.CCc1cccc(C2CC2)c1Cc1cnc[nH]1. The van der Waals surface area contributed by atoms with E-state index in [0.717, 1.165) is 31.6 Å². The first-order valence-corrected chi connectivity index (χ1v) is 11.8. The van der Waals surface area contributed by atoms with Gasteiger partial charge in [0.05, 0.1) is 12.7 Å². The van der Waals surface area contributed by atoms with Crippen molar-refractivity contribution >= 4 is 0 Å². The lowest BCUT2D eigenvalue weighted by atomic mass is 9.93. The molecule has 0 unspecified atom stereocenters. The lowest BCUT2D eigenvalue weighted by Gasteiger charge is -2.12. The van der Waals surface area contributed by atoms with Crippen LogP contribution in [0.15, 0.2) is 61.4 Å². The lowest BCUT2D eigenvalue weighted by molar-refractivity contribution is 0.977. The Kier molecular flexibility index (Phi) is 7.21. The van der Waals surface area contributed by atoms with Gasteiger partial charge in [-0.3, -0.25) is 0 Å². The predicted molar refractivity (Wildman–Crippen MR) is 131 cm³/mol. The molecule has 4 aromatic rings. The zero-order valence-corrected chi connectivity index (χ0v) is 19.5. The van der Waals surface area contributed by atoms with E-state index in [1.54, 1.807) is 18.2 Å². The van der Waals surface area contributed by atoms with Gasteiger partial charge in [-0.05, 0) is 71.9 Å². The first kappa shape index (κ1) is 22.1. The van der Waals surface area contributed by atoms with Crippen LogP contribution in [0, 0.1) is 6.92 Å². The summed E-state index contributed by atoms with van der Waals surface area (Å²) in [5, 5.41) is 0.